The Labute approximate surface area is 71.8 Å². The number of aromatic nitrogens is 2. The van der Waals surface area contributed by atoms with Crippen molar-refractivity contribution in [1.29, 1.82) is 0 Å². The lowest BCUT2D eigenvalue weighted by atomic mass is 10.3. The summed E-state index contributed by atoms with van der Waals surface area (Å²) in [5.41, 5.74) is 1.10. The first-order chi connectivity index (χ1) is 5.92. The second-order valence-electron chi connectivity index (χ2n) is 2.93. The summed E-state index contributed by atoms with van der Waals surface area (Å²) in [7, 11) is 0. The molecular weight excluding hydrogens is 148 g/mol. The quantitative estimate of drug-likeness (QED) is 0.659. The van der Waals surface area contributed by atoms with E-state index in [1.54, 1.807) is 0 Å². The van der Waals surface area contributed by atoms with Gasteiger partial charge in [-0.05, 0) is 24.6 Å². The van der Waals surface area contributed by atoms with E-state index < -0.39 is 0 Å². The number of pyridine rings is 1. The van der Waals surface area contributed by atoms with Crippen LogP contribution in [0.25, 0.3) is 11.0 Å². The highest BCUT2D eigenvalue weighted by molar-refractivity contribution is 5.75. The molecule has 0 bridgehead atoms. The Kier molecular flexibility index (Phi) is 1.82. The molecule has 2 nitrogen and oxygen atoms in total. The molecule has 0 fully saturated rings. The van der Waals surface area contributed by atoms with Crippen LogP contribution in [0.2, 0.25) is 0 Å². The molecule has 2 rings (SSSR count). The predicted molar refractivity (Wildman–Crippen MR) is 50.0 cm³/mol. The average molecular weight is 160 g/mol. The topological polar surface area (TPSA) is 17.8 Å². The van der Waals surface area contributed by atoms with Crippen LogP contribution in [-0.2, 0) is 6.54 Å². The molecule has 12 heavy (non-hydrogen) atoms. The Hall–Kier alpha value is -1.31. The van der Waals surface area contributed by atoms with Gasteiger partial charge in [0.1, 0.15) is 5.65 Å². The van der Waals surface area contributed by atoms with E-state index in [1.165, 1.54) is 5.39 Å². The van der Waals surface area contributed by atoms with Gasteiger partial charge in [0.15, 0.2) is 0 Å². The summed E-state index contributed by atoms with van der Waals surface area (Å²) in [5, 5.41) is 1.23. The van der Waals surface area contributed by atoms with Gasteiger partial charge in [-0.3, -0.25) is 0 Å². The molecular formula is C10H12N2. The zero-order valence-corrected chi connectivity index (χ0v) is 7.20. The molecule has 0 amide bonds. The Morgan fingerprint density at radius 1 is 1.42 bits per heavy atom. The molecule has 62 valence electrons. The largest absolute Gasteiger partial charge is 0.333 e. The van der Waals surface area contributed by atoms with Gasteiger partial charge < -0.3 is 4.57 Å². The van der Waals surface area contributed by atoms with Crippen molar-refractivity contribution in [3.63, 3.8) is 0 Å². The fraction of sp³-hybridized carbons (Fsp3) is 0.300. The van der Waals surface area contributed by atoms with Gasteiger partial charge in [0.05, 0.1) is 0 Å². The molecule has 2 aromatic heterocycles. The van der Waals surface area contributed by atoms with E-state index in [9.17, 15) is 0 Å². The van der Waals surface area contributed by atoms with Crippen LogP contribution in [0.15, 0.2) is 30.6 Å². The summed E-state index contributed by atoms with van der Waals surface area (Å²) < 4.78 is 2.19. The van der Waals surface area contributed by atoms with Crippen molar-refractivity contribution in [1.82, 2.24) is 9.55 Å². The molecule has 0 radical (unpaired) electrons. The van der Waals surface area contributed by atoms with Crippen LogP contribution in [0, 0.1) is 0 Å². The van der Waals surface area contributed by atoms with Gasteiger partial charge in [-0.1, -0.05) is 6.92 Å². The smallest absolute Gasteiger partial charge is 0.139 e. The highest BCUT2D eigenvalue weighted by Gasteiger charge is 1.98. The van der Waals surface area contributed by atoms with E-state index in [0.717, 1.165) is 18.6 Å². The second kappa shape index (κ2) is 2.97. The van der Waals surface area contributed by atoms with E-state index in [-0.39, 0.29) is 0 Å². The minimum Gasteiger partial charge on any atom is -0.333 e. The maximum absolute atomic E-state index is 4.32. The molecule has 0 saturated heterocycles. The molecule has 0 aliphatic heterocycles. The number of aryl methyl sites for hydroxylation is 1. The highest BCUT2D eigenvalue weighted by Crippen LogP contribution is 2.12. The van der Waals surface area contributed by atoms with Crippen molar-refractivity contribution < 1.29 is 0 Å². The van der Waals surface area contributed by atoms with Gasteiger partial charge in [-0.2, -0.15) is 0 Å². The monoisotopic (exact) mass is 160 g/mol. The van der Waals surface area contributed by atoms with E-state index in [2.05, 4.69) is 34.8 Å². The van der Waals surface area contributed by atoms with Crippen LogP contribution in [-0.4, -0.2) is 9.55 Å². The minimum absolute atomic E-state index is 1.06. The molecule has 0 aliphatic carbocycles. The third-order valence-corrected chi connectivity index (χ3v) is 1.99. The lowest BCUT2D eigenvalue weighted by Crippen LogP contribution is -1.94. The number of fused-ring (bicyclic) bond motifs is 1. The fourth-order valence-electron chi connectivity index (χ4n) is 1.44. The summed E-state index contributed by atoms with van der Waals surface area (Å²) in [4.78, 5) is 4.32. The van der Waals surface area contributed by atoms with Crippen molar-refractivity contribution in [2.75, 3.05) is 0 Å². The van der Waals surface area contributed by atoms with Crippen molar-refractivity contribution in [2.24, 2.45) is 0 Å². The van der Waals surface area contributed by atoms with Gasteiger partial charge in [-0.15, -0.1) is 0 Å². The van der Waals surface area contributed by atoms with Crippen molar-refractivity contribution >= 4 is 11.0 Å². The van der Waals surface area contributed by atoms with Crippen molar-refractivity contribution in [3.8, 4) is 0 Å². The highest BCUT2D eigenvalue weighted by atomic mass is 15.0. The zero-order valence-electron chi connectivity index (χ0n) is 7.20. The molecule has 2 aromatic rings. The van der Waals surface area contributed by atoms with Crippen molar-refractivity contribution in [3.05, 3.63) is 30.6 Å². The van der Waals surface area contributed by atoms with Gasteiger partial charge in [0.25, 0.3) is 0 Å². The lowest BCUT2D eigenvalue weighted by molar-refractivity contribution is 0.697. The first-order valence-electron chi connectivity index (χ1n) is 4.31. The van der Waals surface area contributed by atoms with E-state index in [1.807, 2.05) is 12.3 Å². The summed E-state index contributed by atoms with van der Waals surface area (Å²) >= 11 is 0. The van der Waals surface area contributed by atoms with Gasteiger partial charge in [0, 0.05) is 24.3 Å². The number of hydrogen-bond acceptors (Lipinski definition) is 1. The van der Waals surface area contributed by atoms with Gasteiger partial charge >= 0.3 is 0 Å². The first-order valence-corrected chi connectivity index (χ1v) is 4.31. The molecule has 0 aromatic carbocycles. The number of nitrogens with zero attached hydrogens (tertiary/aromatic N) is 2. The summed E-state index contributed by atoms with van der Waals surface area (Å²) in [6.45, 7) is 3.23. The van der Waals surface area contributed by atoms with E-state index in [0.29, 0.717) is 0 Å². The zero-order chi connectivity index (χ0) is 8.39. The van der Waals surface area contributed by atoms with Crippen molar-refractivity contribution in [2.45, 2.75) is 19.9 Å². The molecule has 2 heterocycles. The van der Waals surface area contributed by atoms with E-state index >= 15 is 0 Å². The van der Waals surface area contributed by atoms with Crippen LogP contribution in [0.3, 0.4) is 0 Å². The van der Waals surface area contributed by atoms with Gasteiger partial charge in [0.2, 0.25) is 0 Å². The number of rotatable bonds is 2. The van der Waals surface area contributed by atoms with Crippen LogP contribution < -0.4 is 0 Å². The fourth-order valence-corrected chi connectivity index (χ4v) is 1.44. The average Bonchev–Trinajstić information content (AvgIpc) is 2.50. The van der Waals surface area contributed by atoms with Crippen LogP contribution in [0.5, 0.6) is 0 Å². The Morgan fingerprint density at radius 2 is 2.33 bits per heavy atom. The minimum atomic E-state index is 1.06. The standard InChI is InChI=1S/C10H12N2/c1-2-7-12-8-5-9-4-3-6-11-10(9)12/h3-6,8H,2,7H2,1H3. The summed E-state index contributed by atoms with van der Waals surface area (Å²) in [5.74, 6) is 0. The Balaban J connectivity index is 2.55. The maximum Gasteiger partial charge on any atom is 0.139 e. The second-order valence-corrected chi connectivity index (χ2v) is 2.93. The molecule has 0 unspecified atom stereocenters. The van der Waals surface area contributed by atoms with Crippen LogP contribution >= 0.6 is 0 Å². The SMILES string of the molecule is CCCn1ccc2cccnc21. The van der Waals surface area contributed by atoms with E-state index in [4.69, 9.17) is 0 Å². The summed E-state index contributed by atoms with van der Waals surface area (Å²) in [6.07, 6.45) is 5.09. The van der Waals surface area contributed by atoms with Gasteiger partial charge in [-0.25, -0.2) is 4.98 Å². The summed E-state index contributed by atoms with van der Waals surface area (Å²) in [6, 6.07) is 6.17. The third kappa shape index (κ3) is 1.09. The maximum atomic E-state index is 4.32. The molecule has 0 aliphatic rings. The molecule has 0 saturated carbocycles. The molecule has 0 atom stereocenters. The molecule has 0 N–H and O–H groups in total. The number of hydrogen-bond donors (Lipinski definition) is 0. The van der Waals surface area contributed by atoms with Crippen LogP contribution in [0.4, 0.5) is 0 Å². The first kappa shape index (κ1) is 7.35. The van der Waals surface area contributed by atoms with Crippen LogP contribution in [0.1, 0.15) is 13.3 Å². The molecule has 2 heteroatoms. The lowest BCUT2D eigenvalue weighted by Gasteiger charge is -1.99. The predicted octanol–water partition coefficient (Wildman–Crippen LogP) is 2.45. The third-order valence-electron chi connectivity index (χ3n) is 1.99. The Bertz CT molecular complexity index is 376. The normalized spacial score (nSPS) is 10.8. The Morgan fingerprint density at radius 3 is 3.17 bits per heavy atom. The molecule has 0 spiro atoms.